The number of aryl methyl sites for hydroxylation is 2. The van der Waals surface area contributed by atoms with E-state index in [2.05, 4.69) is 17.5 Å². The van der Waals surface area contributed by atoms with Crippen LogP contribution in [0.4, 0.5) is 0 Å². The molecule has 2 aromatic heterocycles. The molecular formula is C18H22N2O2S. The number of piperidine rings is 1. The van der Waals surface area contributed by atoms with Gasteiger partial charge in [-0.3, -0.25) is 9.59 Å². The fourth-order valence-corrected chi connectivity index (χ4v) is 3.94. The summed E-state index contributed by atoms with van der Waals surface area (Å²) in [5, 5.41) is 2.10. The van der Waals surface area contributed by atoms with Gasteiger partial charge in [-0.1, -0.05) is 6.07 Å². The van der Waals surface area contributed by atoms with E-state index in [1.807, 2.05) is 4.90 Å². The quantitative estimate of drug-likeness (QED) is 0.864. The average molecular weight is 330 g/mol. The zero-order chi connectivity index (χ0) is 16.2. The van der Waals surface area contributed by atoms with E-state index in [0.717, 1.165) is 32.2 Å². The first kappa shape index (κ1) is 16.0. The van der Waals surface area contributed by atoms with Crippen LogP contribution in [0.5, 0.6) is 0 Å². The Kier molecular flexibility index (Phi) is 4.96. The molecule has 0 aliphatic carbocycles. The van der Waals surface area contributed by atoms with Gasteiger partial charge in [0.05, 0.1) is 5.56 Å². The van der Waals surface area contributed by atoms with Crippen molar-refractivity contribution in [2.45, 2.75) is 38.1 Å². The fraction of sp³-hybridized carbons (Fsp3) is 0.444. The van der Waals surface area contributed by atoms with Gasteiger partial charge in [-0.15, -0.1) is 11.3 Å². The maximum atomic E-state index is 12.8. The van der Waals surface area contributed by atoms with E-state index in [0.29, 0.717) is 11.6 Å². The van der Waals surface area contributed by atoms with Crippen LogP contribution in [0.15, 0.2) is 40.6 Å². The highest BCUT2D eigenvalue weighted by atomic mass is 32.1. The van der Waals surface area contributed by atoms with Crippen LogP contribution in [0.2, 0.25) is 0 Å². The van der Waals surface area contributed by atoms with Crippen molar-refractivity contribution in [2.24, 2.45) is 7.05 Å². The molecule has 5 heteroatoms. The molecule has 2 aromatic rings. The van der Waals surface area contributed by atoms with Crippen LogP contribution in [0.3, 0.4) is 0 Å². The van der Waals surface area contributed by atoms with Crippen molar-refractivity contribution in [3.8, 4) is 0 Å². The van der Waals surface area contributed by atoms with Gasteiger partial charge in [0.15, 0.2) is 0 Å². The molecule has 3 heterocycles. The van der Waals surface area contributed by atoms with Gasteiger partial charge in [-0.2, -0.15) is 0 Å². The van der Waals surface area contributed by atoms with E-state index in [1.54, 1.807) is 30.6 Å². The average Bonchev–Trinajstić information content (AvgIpc) is 3.08. The molecule has 3 rings (SSSR count). The monoisotopic (exact) mass is 330 g/mol. The maximum Gasteiger partial charge on any atom is 0.255 e. The number of carbonyl (C=O) groups excluding carboxylic acids is 1. The maximum absolute atomic E-state index is 12.8. The highest BCUT2D eigenvalue weighted by molar-refractivity contribution is 7.09. The molecule has 0 radical (unpaired) electrons. The molecule has 122 valence electrons. The topological polar surface area (TPSA) is 42.3 Å². The zero-order valence-corrected chi connectivity index (χ0v) is 14.2. The van der Waals surface area contributed by atoms with Crippen LogP contribution in [-0.2, 0) is 13.5 Å². The summed E-state index contributed by atoms with van der Waals surface area (Å²) in [5.41, 5.74) is 0.518. The van der Waals surface area contributed by atoms with Crippen molar-refractivity contribution in [3.05, 3.63) is 56.6 Å². The summed E-state index contributed by atoms with van der Waals surface area (Å²) in [6.45, 7) is 0.816. The molecule has 4 nitrogen and oxygen atoms in total. The molecule has 0 saturated carbocycles. The molecule has 1 fully saturated rings. The van der Waals surface area contributed by atoms with Crippen LogP contribution in [0.1, 0.15) is 40.9 Å². The minimum atomic E-state index is -0.0885. The molecule has 1 saturated heterocycles. The lowest BCUT2D eigenvalue weighted by molar-refractivity contribution is 0.0601. The Labute approximate surface area is 140 Å². The van der Waals surface area contributed by atoms with Crippen molar-refractivity contribution < 1.29 is 4.79 Å². The second kappa shape index (κ2) is 7.13. The highest BCUT2D eigenvalue weighted by Crippen LogP contribution is 2.24. The van der Waals surface area contributed by atoms with Crippen LogP contribution >= 0.6 is 11.3 Å². The highest BCUT2D eigenvalue weighted by Gasteiger charge is 2.27. The Hall–Kier alpha value is -1.88. The Morgan fingerprint density at radius 2 is 2.17 bits per heavy atom. The van der Waals surface area contributed by atoms with Gasteiger partial charge in [0.1, 0.15) is 0 Å². The van der Waals surface area contributed by atoms with Crippen molar-refractivity contribution in [2.75, 3.05) is 6.54 Å². The molecule has 1 atom stereocenters. The molecule has 0 spiro atoms. The molecule has 23 heavy (non-hydrogen) atoms. The normalized spacial score (nSPS) is 18.1. The minimum absolute atomic E-state index is 0.0523. The minimum Gasteiger partial charge on any atom is -0.336 e. The van der Waals surface area contributed by atoms with E-state index in [-0.39, 0.29) is 11.5 Å². The molecule has 1 aliphatic rings. The van der Waals surface area contributed by atoms with Crippen molar-refractivity contribution in [1.29, 1.82) is 0 Å². The third kappa shape index (κ3) is 3.72. The van der Waals surface area contributed by atoms with Crippen LogP contribution in [-0.4, -0.2) is 28.0 Å². The third-order valence-corrected chi connectivity index (χ3v) is 5.46. The predicted molar refractivity (Wildman–Crippen MR) is 93.0 cm³/mol. The summed E-state index contributed by atoms with van der Waals surface area (Å²) < 4.78 is 1.47. The smallest absolute Gasteiger partial charge is 0.255 e. The van der Waals surface area contributed by atoms with E-state index >= 15 is 0 Å². The Morgan fingerprint density at radius 1 is 1.30 bits per heavy atom. The number of thiophene rings is 1. The van der Waals surface area contributed by atoms with Crippen molar-refractivity contribution >= 4 is 17.2 Å². The number of likely N-dealkylation sites (tertiary alicyclic amines) is 1. The fourth-order valence-electron chi connectivity index (χ4n) is 3.22. The number of carbonyl (C=O) groups is 1. The number of hydrogen-bond donors (Lipinski definition) is 0. The van der Waals surface area contributed by atoms with Gasteiger partial charge in [0.25, 0.3) is 5.91 Å². The molecule has 1 amide bonds. The van der Waals surface area contributed by atoms with E-state index in [1.165, 1.54) is 21.9 Å². The van der Waals surface area contributed by atoms with Gasteiger partial charge in [-0.05, 0) is 49.6 Å². The molecule has 0 unspecified atom stereocenters. The summed E-state index contributed by atoms with van der Waals surface area (Å²) >= 11 is 1.78. The molecule has 0 bridgehead atoms. The number of aromatic nitrogens is 1. The van der Waals surface area contributed by atoms with Gasteiger partial charge >= 0.3 is 0 Å². The van der Waals surface area contributed by atoms with E-state index in [4.69, 9.17) is 0 Å². The largest absolute Gasteiger partial charge is 0.336 e. The summed E-state index contributed by atoms with van der Waals surface area (Å²) in [7, 11) is 1.68. The molecule has 0 N–H and O–H groups in total. The predicted octanol–water partition coefficient (Wildman–Crippen LogP) is 3.07. The van der Waals surface area contributed by atoms with Crippen LogP contribution in [0, 0.1) is 0 Å². The van der Waals surface area contributed by atoms with Gasteiger partial charge in [0, 0.05) is 36.8 Å². The van der Waals surface area contributed by atoms with Gasteiger partial charge in [-0.25, -0.2) is 0 Å². The van der Waals surface area contributed by atoms with Gasteiger partial charge < -0.3 is 9.47 Å². The Balaban J connectivity index is 1.73. The first-order chi connectivity index (χ1) is 11.1. The van der Waals surface area contributed by atoms with E-state index in [9.17, 15) is 9.59 Å². The second-order valence-electron chi connectivity index (χ2n) is 6.13. The number of nitrogens with zero attached hydrogens (tertiary/aromatic N) is 2. The number of rotatable bonds is 4. The Bertz CT molecular complexity index is 721. The Morgan fingerprint density at radius 3 is 2.91 bits per heavy atom. The number of hydrogen-bond acceptors (Lipinski definition) is 3. The molecule has 0 aromatic carbocycles. The first-order valence-corrected chi connectivity index (χ1v) is 9.03. The summed E-state index contributed by atoms with van der Waals surface area (Å²) in [4.78, 5) is 27.7. The van der Waals surface area contributed by atoms with E-state index < -0.39 is 0 Å². The lowest BCUT2D eigenvalue weighted by Gasteiger charge is -2.36. The standard InChI is InChI=1S/C18H22N2O2S/c1-19-13-14(7-10-17(19)21)18(22)20-11-3-2-5-15(20)8-9-16-6-4-12-23-16/h4,6-7,10,12-13,15H,2-3,5,8-9,11H2,1H3/t15-/m1/s1. The number of amides is 1. The summed E-state index contributed by atoms with van der Waals surface area (Å²) in [5.74, 6) is 0.0523. The SMILES string of the molecule is Cn1cc(C(=O)N2CCCC[C@@H]2CCc2cccs2)ccc1=O. The zero-order valence-electron chi connectivity index (χ0n) is 13.4. The molecule has 1 aliphatic heterocycles. The van der Waals surface area contributed by atoms with Crippen LogP contribution in [0.25, 0.3) is 0 Å². The lowest BCUT2D eigenvalue weighted by atomic mass is 9.96. The first-order valence-electron chi connectivity index (χ1n) is 8.15. The van der Waals surface area contributed by atoms with Crippen molar-refractivity contribution in [3.63, 3.8) is 0 Å². The third-order valence-electron chi connectivity index (χ3n) is 4.52. The summed E-state index contributed by atoms with van der Waals surface area (Å²) in [6, 6.07) is 7.66. The van der Waals surface area contributed by atoms with Crippen LogP contribution < -0.4 is 5.56 Å². The lowest BCUT2D eigenvalue weighted by Crippen LogP contribution is -2.44. The second-order valence-corrected chi connectivity index (χ2v) is 7.17. The molecular weight excluding hydrogens is 308 g/mol. The van der Waals surface area contributed by atoms with Crippen molar-refractivity contribution in [1.82, 2.24) is 9.47 Å². The summed E-state index contributed by atoms with van der Waals surface area (Å²) in [6.07, 6.45) is 7.01. The number of pyridine rings is 1. The van der Waals surface area contributed by atoms with Gasteiger partial charge in [0.2, 0.25) is 5.56 Å².